The molecule has 0 atom stereocenters. The zero-order valence-corrected chi connectivity index (χ0v) is 13.4. The number of aryl methyl sites for hydroxylation is 1. The van der Waals surface area contributed by atoms with Crippen molar-refractivity contribution < 1.29 is 21.6 Å². The van der Waals surface area contributed by atoms with E-state index in [-0.39, 0.29) is 16.6 Å². The van der Waals surface area contributed by atoms with E-state index in [0.29, 0.717) is 21.2 Å². The van der Waals surface area contributed by atoms with Crippen molar-refractivity contribution in [2.45, 2.75) is 36.5 Å². The van der Waals surface area contributed by atoms with Crippen LogP contribution in [0.5, 0.6) is 0 Å². The average Bonchev–Trinajstić information content (AvgIpc) is 2.69. The van der Waals surface area contributed by atoms with Gasteiger partial charge in [0.15, 0.2) is 0 Å². The molecule has 0 amide bonds. The van der Waals surface area contributed by atoms with E-state index in [1.807, 2.05) is 0 Å². The quantitative estimate of drug-likeness (QED) is 0.733. The first-order valence-electron chi connectivity index (χ1n) is 5.84. The van der Waals surface area contributed by atoms with Gasteiger partial charge in [0.1, 0.15) is 10.8 Å². The van der Waals surface area contributed by atoms with E-state index in [1.165, 1.54) is 6.07 Å². The summed E-state index contributed by atoms with van der Waals surface area (Å²) in [7, 11) is -4.13. The zero-order valence-electron chi connectivity index (χ0n) is 11.0. The van der Waals surface area contributed by atoms with E-state index in [4.69, 9.17) is 11.6 Å². The Morgan fingerprint density at radius 2 is 2.00 bits per heavy atom. The van der Waals surface area contributed by atoms with Gasteiger partial charge in [0, 0.05) is 11.4 Å². The molecule has 3 nitrogen and oxygen atoms in total. The van der Waals surface area contributed by atoms with Crippen LogP contribution in [-0.4, -0.2) is 32.0 Å². The van der Waals surface area contributed by atoms with Crippen molar-refractivity contribution in [1.82, 2.24) is 4.31 Å². The Morgan fingerprint density at radius 1 is 1.40 bits per heavy atom. The largest absolute Gasteiger partial charge is 0.402 e. The molecule has 0 aliphatic heterocycles. The zero-order chi connectivity index (χ0) is 15.6. The van der Waals surface area contributed by atoms with E-state index in [1.54, 1.807) is 13.8 Å². The Balaban J connectivity index is 3.15. The molecular formula is C11H15ClF3NO2S2. The number of nitrogens with zero attached hydrogens (tertiary/aromatic N) is 1. The summed E-state index contributed by atoms with van der Waals surface area (Å²) < 4.78 is 62.4. The van der Waals surface area contributed by atoms with Gasteiger partial charge in [0.25, 0.3) is 10.0 Å². The minimum Gasteiger partial charge on any atom is -0.206 e. The number of hydrogen-bond acceptors (Lipinski definition) is 3. The molecule has 0 saturated heterocycles. The standard InChI is InChI=1S/C11H15ClF3NO2S2/c1-3-4-16(7-11(13,14)15)20(17,18)10-5-8(2)9(6-12)19-10/h5H,3-4,6-7H2,1-2H3. The molecule has 1 heterocycles. The molecule has 0 N–H and O–H groups in total. The Morgan fingerprint density at radius 3 is 2.40 bits per heavy atom. The molecule has 0 bridgehead atoms. The third-order valence-electron chi connectivity index (χ3n) is 2.54. The summed E-state index contributed by atoms with van der Waals surface area (Å²) in [5.41, 5.74) is 0.673. The molecule has 0 aliphatic rings. The van der Waals surface area contributed by atoms with Crippen molar-refractivity contribution >= 4 is 33.0 Å². The van der Waals surface area contributed by atoms with Crippen LogP contribution in [-0.2, 0) is 15.9 Å². The Hall–Kier alpha value is -0.310. The molecule has 0 radical (unpaired) electrons. The molecule has 0 aliphatic carbocycles. The summed E-state index contributed by atoms with van der Waals surface area (Å²) in [5, 5.41) is 0. The summed E-state index contributed by atoms with van der Waals surface area (Å²) in [6, 6.07) is 1.37. The van der Waals surface area contributed by atoms with Gasteiger partial charge in [0.2, 0.25) is 0 Å². The lowest BCUT2D eigenvalue weighted by Crippen LogP contribution is -2.39. The smallest absolute Gasteiger partial charge is 0.206 e. The van der Waals surface area contributed by atoms with Gasteiger partial charge in [-0.2, -0.15) is 17.5 Å². The molecule has 0 aromatic carbocycles. The highest BCUT2D eigenvalue weighted by Crippen LogP contribution is 2.31. The molecule has 9 heteroatoms. The number of hydrogen-bond donors (Lipinski definition) is 0. The van der Waals surface area contributed by atoms with Crippen LogP contribution in [0.3, 0.4) is 0 Å². The van der Waals surface area contributed by atoms with Gasteiger partial charge >= 0.3 is 6.18 Å². The molecule has 1 aromatic heterocycles. The third kappa shape index (κ3) is 4.34. The van der Waals surface area contributed by atoms with Crippen molar-refractivity contribution in [2.24, 2.45) is 0 Å². The van der Waals surface area contributed by atoms with Gasteiger partial charge in [-0.05, 0) is 25.0 Å². The second kappa shape index (κ2) is 6.64. The highest BCUT2D eigenvalue weighted by molar-refractivity contribution is 7.91. The van der Waals surface area contributed by atoms with Gasteiger partial charge in [-0.15, -0.1) is 22.9 Å². The van der Waals surface area contributed by atoms with Gasteiger partial charge in [-0.25, -0.2) is 8.42 Å². The maximum atomic E-state index is 12.5. The molecule has 0 saturated carbocycles. The predicted octanol–water partition coefficient (Wildman–Crippen LogP) is 3.76. The molecule has 0 unspecified atom stereocenters. The maximum Gasteiger partial charge on any atom is 0.402 e. The van der Waals surface area contributed by atoms with Crippen molar-refractivity contribution in [3.63, 3.8) is 0 Å². The molecule has 1 aromatic rings. The summed E-state index contributed by atoms with van der Waals surface area (Å²) >= 11 is 6.58. The Bertz CT molecular complexity index is 555. The second-order valence-electron chi connectivity index (χ2n) is 4.26. The monoisotopic (exact) mass is 349 g/mol. The van der Waals surface area contributed by atoms with E-state index < -0.39 is 22.7 Å². The fourth-order valence-corrected chi connectivity index (χ4v) is 5.10. The number of rotatable bonds is 6. The summed E-state index contributed by atoms with van der Waals surface area (Å²) in [6.07, 6.45) is -4.26. The highest BCUT2D eigenvalue weighted by Gasteiger charge is 2.37. The van der Waals surface area contributed by atoms with E-state index in [0.717, 1.165) is 11.3 Å². The van der Waals surface area contributed by atoms with Crippen LogP contribution in [0.25, 0.3) is 0 Å². The molecule has 20 heavy (non-hydrogen) atoms. The van der Waals surface area contributed by atoms with Crippen molar-refractivity contribution in [3.8, 4) is 0 Å². The average molecular weight is 350 g/mol. The predicted molar refractivity (Wildman–Crippen MR) is 73.7 cm³/mol. The van der Waals surface area contributed by atoms with Crippen LogP contribution >= 0.6 is 22.9 Å². The minimum absolute atomic E-state index is 0.0941. The molecule has 1 rings (SSSR count). The van der Waals surface area contributed by atoms with Crippen LogP contribution in [0, 0.1) is 6.92 Å². The SMILES string of the molecule is CCCN(CC(F)(F)F)S(=O)(=O)c1cc(C)c(CCl)s1. The molecule has 0 fully saturated rings. The first kappa shape index (κ1) is 17.7. The Kier molecular flexibility index (Phi) is 5.89. The topological polar surface area (TPSA) is 37.4 Å². The first-order valence-corrected chi connectivity index (χ1v) is 8.63. The summed E-state index contributed by atoms with van der Waals surface area (Å²) in [6.45, 7) is 1.66. The van der Waals surface area contributed by atoms with Crippen LogP contribution in [0.2, 0.25) is 0 Å². The van der Waals surface area contributed by atoms with E-state index >= 15 is 0 Å². The van der Waals surface area contributed by atoms with E-state index in [2.05, 4.69) is 0 Å². The van der Waals surface area contributed by atoms with Crippen molar-refractivity contribution in [2.75, 3.05) is 13.1 Å². The number of alkyl halides is 4. The minimum atomic E-state index is -4.57. The number of thiophene rings is 1. The van der Waals surface area contributed by atoms with E-state index in [9.17, 15) is 21.6 Å². The molecule has 116 valence electrons. The third-order valence-corrected chi connectivity index (χ3v) is 6.50. The molecule has 0 spiro atoms. The lowest BCUT2D eigenvalue weighted by atomic mass is 10.3. The van der Waals surface area contributed by atoms with Gasteiger partial charge in [0.05, 0.1) is 5.88 Å². The van der Waals surface area contributed by atoms with Crippen molar-refractivity contribution in [1.29, 1.82) is 0 Å². The van der Waals surface area contributed by atoms with Crippen LogP contribution < -0.4 is 0 Å². The fraction of sp³-hybridized carbons (Fsp3) is 0.636. The number of halogens is 4. The normalized spacial score (nSPS) is 13.2. The second-order valence-corrected chi connectivity index (χ2v) is 7.83. The summed E-state index contributed by atoms with van der Waals surface area (Å²) in [5.74, 6) is 0.138. The van der Waals surface area contributed by atoms with Gasteiger partial charge in [-0.1, -0.05) is 6.92 Å². The number of sulfonamides is 1. The highest BCUT2D eigenvalue weighted by atomic mass is 35.5. The van der Waals surface area contributed by atoms with Crippen molar-refractivity contribution in [3.05, 3.63) is 16.5 Å². The lowest BCUT2D eigenvalue weighted by molar-refractivity contribution is -0.136. The van der Waals surface area contributed by atoms with Gasteiger partial charge < -0.3 is 0 Å². The Labute approximate surface area is 125 Å². The van der Waals surface area contributed by atoms with Crippen LogP contribution in [0.4, 0.5) is 13.2 Å². The first-order chi connectivity index (χ1) is 9.11. The maximum absolute atomic E-state index is 12.5. The van der Waals surface area contributed by atoms with Gasteiger partial charge in [-0.3, -0.25) is 0 Å². The van der Waals surface area contributed by atoms with Crippen LogP contribution in [0.1, 0.15) is 23.8 Å². The van der Waals surface area contributed by atoms with Crippen LogP contribution in [0.15, 0.2) is 10.3 Å². The molecular weight excluding hydrogens is 335 g/mol. The fourth-order valence-electron chi connectivity index (χ4n) is 1.61. The summed E-state index contributed by atoms with van der Waals surface area (Å²) in [4.78, 5) is 0.647. The lowest BCUT2D eigenvalue weighted by Gasteiger charge is -2.21.